The molecular weight excluding hydrogens is 293 g/mol. The second-order valence-corrected chi connectivity index (χ2v) is 4.83. The minimum Gasteiger partial charge on any atom is -0.492 e. The van der Waals surface area contributed by atoms with Crippen molar-refractivity contribution in [3.05, 3.63) is 58.9 Å². The van der Waals surface area contributed by atoms with E-state index in [4.69, 9.17) is 16.3 Å². The summed E-state index contributed by atoms with van der Waals surface area (Å²) in [4.78, 5) is 12.0. The third kappa shape index (κ3) is 3.95. The number of nitrogens with one attached hydrogen (secondary N) is 1. The summed E-state index contributed by atoms with van der Waals surface area (Å²) in [5.41, 5.74) is 0.469. The molecule has 5 heteroatoms. The van der Waals surface area contributed by atoms with Crippen molar-refractivity contribution in [3.8, 4) is 5.75 Å². The predicted molar refractivity (Wildman–Crippen MR) is 81.6 cm³/mol. The monoisotopic (exact) mass is 307 g/mol. The van der Waals surface area contributed by atoms with Gasteiger partial charge in [-0.25, -0.2) is 4.39 Å². The molecule has 0 atom stereocenters. The number of carbonyl (C=O) groups excluding carboxylic acids is 1. The molecule has 0 aliphatic rings. The summed E-state index contributed by atoms with van der Waals surface area (Å²) in [6.45, 7) is 2.57. The molecule has 0 saturated carbocycles. The van der Waals surface area contributed by atoms with E-state index in [1.807, 2.05) is 6.92 Å². The molecule has 2 aromatic rings. The van der Waals surface area contributed by atoms with Gasteiger partial charge in [0.2, 0.25) is 0 Å². The molecule has 2 rings (SSSR count). The van der Waals surface area contributed by atoms with Crippen LogP contribution in [-0.4, -0.2) is 12.5 Å². The van der Waals surface area contributed by atoms with Crippen LogP contribution in [0, 0.1) is 5.82 Å². The maximum Gasteiger partial charge on any atom is 0.258 e. The van der Waals surface area contributed by atoms with Gasteiger partial charge in [0.1, 0.15) is 11.6 Å². The summed E-state index contributed by atoms with van der Waals surface area (Å²) in [6, 6.07) is 10.7. The lowest BCUT2D eigenvalue weighted by Gasteiger charge is -2.10. The summed E-state index contributed by atoms with van der Waals surface area (Å²) in [7, 11) is 0. The Hall–Kier alpha value is -2.07. The molecule has 21 heavy (non-hydrogen) atoms. The average Bonchev–Trinajstić information content (AvgIpc) is 2.47. The van der Waals surface area contributed by atoms with Gasteiger partial charge in [-0.05, 0) is 36.8 Å². The molecule has 0 fully saturated rings. The molecule has 3 nitrogen and oxygen atoms in total. The van der Waals surface area contributed by atoms with Crippen LogP contribution in [0.2, 0.25) is 5.02 Å². The van der Waals surface area contributed by atoms with E-state index in [0.29, 0.717) is 23.1 Å². The van der Waals surface area contributed by atoms with E-state index in [2.05, 4.69) is 5.32 Å². The molecule has 110 valence electrons. The number of ether oxygens (including phenoxy) is 1. The highest BCUT2D eigenvalue weighted by molar-refractivity contribution is 6.32. The second kappa shape index (κ2) is 7.09. The number of anilines is 1. The molecule has 1 amide bonds. The summed E-state index contributed by atoms with van der Waals surface area (Å²) >= 11 is 6.08. The van der Waals surface area contributed by atoms with E-state index in [-0.39, 0.29) is 5.56 Å². The quantitative estimate of drug-likeness (QED) is 0.882. The molecule has 0 bridgehead atoms. The first-order valence-corrected chi connectivity index (χ1v) is 6.98. The lowest BCUT2D eigenvalue weighted by atomic mass is 10.2. The van der Waals surface area contributed by atoms with Gasteiger partial charge in [-0.15, -0.1) is 0 Å². The third-order valence-corrected chi connectivity index (χ3v) is 3.07. The van der Waals surface area contributed by atoms with Crippen LogP contribution in [0.4, 0.5) is 10.1 Å². The van der Waals surface area contributed by atoms with Crippen molar-refractivity contribution in [2.45, 2.75) is 13.3 Å². The van der Waals surface area contributed by atoms with E-state index in [1.165, 1.54) is 18.2 Å². The zero-order valence-electron chi connectivity index (χ0n) is 11.5. The fraction of sp³-hybridized carbons (Fsp3) is 0.188. The molecule has 2 aromatic carbocycles. The van der Waals surface area contributed by atoms with Gasteiger partial charge in [0.25, 0.3) is 5.91 Å². The molecule has 0 unspecified atom stereocenters. The summed E-state index contributed by atoms with van der Waals surface area (Å²) in [5, 5.41) is 3.00. The molecule has 0 aliphatic heterocycles. The van der Waals surface area contributed by atoms with Crippen LogP contribution in [0.25, 0.3) is 0 Å². The molecular formula is C16H15ClFNO2. The molecule has 0 saturated heterocycles. The average molecular weight is 308 g/mol. The summed E-state index contributed by atoms with van der Waals surface area (Å²) in [6.07, 6.45) is 0.877. The van der Waals surface area contributed by atoms with E-state index in [9.17, 15) is 9.18 Å². The Morgan fingerprint density at radius 3 is 2.71 bits per heavy atom. The molecule has 0 heterocycles. The van der Waals surface area contributed by atoms with Gasteiger partial charge in [0.15, 0.2) is 0 Å². The Morgan fingerprint density at radius 1 is 1.29 bits per heavy atom. The van der Waals surface area contributed by atoms with E-state index < -0.39 is 11.7 Å². The highest BCUT2D eigenvalue weighted by atomic mass is 35.5. The van der Waals surface area contributed by atoms with Crippen molar-refractivity contribution < 1.29 is 13.9 Å². The van der Waals surface area contributed by atoms with Gasteiger partial charge in [-0.1, -0.05) is 30.7 Å². The number of hydrogen-bond acceptors (Lipinski definition) is 2. The Bertz CT molecular complexity index is 646. The van der Waals surface area contributed by atoms with E-state index >= 15 is 0 Å². The largest absolute Gasteiger partial charge is 0.492 e. The highest BCUT2D eigenvalue weighted by Crippen LogP contribution is 2.28. The van der Waals surface area contributed by atoms with E-state index in [1.54, 1.807) is 24.3 Å². The SMILES string of the molecule is CCCOc1ccc(NC(=O)c2ccccc2F)cc1Cl. The van der Waals surface area contributed by atoms with Crippen LogP contribution in [0.5, 0.6) is 5.75 Å². The lowest BCUT2D eigenvalue weighted by molar-refractivity contribution is 0.102. The normalized spacial score (nSPS) is 10.2. The number of amides is 1. The van der Waals surface area contributed by atoms with Crippen LogP contribution in [0.3, 0.4) is 0 Å². The number of carbonyl (C=O) groups is 1. The second-order valence-electron chi connectivity index (χ2n) is 4.43. The first-order chi connectivity index (χ1) is 10.1. The fourth-order valence-electron chi connectivity index (χ4n) is 1.75. The zero-order chi connectivity index (χ0) is 15.2. The van der Waals surface area contributed by atoms with Crippen molar-refractivity contribution >= 4 is 23.2 Å². The first kappa shape index (κ1) is 15.3. The number of rotatable bonds is 5. The van der Waals surface area contributed by atoms with Crippen molar-refractivity contribution in [1.82, 2.24) is 0 Å². The van der Waals surface area contributed by atoms with Gasteiger partial charge in [0, 0.05) is 5.69 Å². The van der Waals surface area contributed by atoms with Gasteiger partial charge in [-0.3, -0.25) is 4.79 Å². The predicted octanol–water partition coefficient (Wildman–Crippen LogP) is 4.52. The van der Waals surface area contributed by atoms with Crippen LogP contribution in [0.1, 0.15) is 23.7 Å². The number of hydrogen-bond donors (Lipinski definition) is 1. The topological polar surface area (TPSA) is 38.3 Å². The van der Waals surface area contributed by atoms with Crippen LogP contribution >= 0.6 is 11.6 Å². The zero-order valence-corrected chi connectivity index (χ0v) is 12.3. The van der Waals surface area contributed by atoms with Crippen molar-refractivity contribution in [1.29, 1.82) is 0 Å². The highest BCUT2D eigenvalue weighted by Gasteiger charge is 2.12. The minimum atomic E-state index is -0.566. The Labute approximate surface area is 127 Å². The van der Waals surface area contributed by atoms with Crippen molar-refractivity contribution in [3.63, 3.8) is 0 Å². The lowest BCUT2D eigenvalue weighted by Crippen LogP contribution is -2.13. The van der Waals surface area contributed by atoms with Gasteiger partial charge in [0.05, 0.1) is 17.2 Å². The Morgan fingerprint density at radius 2 is 2.05 bits per heavy atom. The van der Waals surface area contributed by atoms with Crippen molar-refractivity contribution in [2.24, 2.45) is 0 Å². The molecule has 1 N–H and O–H groups in total. The number of halogens is 2. The van der Waals surface area contributed by atoms with Crippen molar-refractivity contribution in [2.75, 3.05) is 11.9 Å². The van der Waals surface area contributed by atoms with E-state index in [0.717, 1.165) is 6.42 Å². The third-order valence-electron chi connectivity index (χ3n) is 2.77. The molecule has 0 radical (unpaired) electrons. The maximum absolute atomic E-state index is 13.5. The van der Waals surface area contributed by atoms with Gasteiger partial charge in [-0.2, -0.15) is 0 Å². The smallest absolute Gasteiger partial charge is 0.258 e. The maximum atomic E-state index is 13.5. The van der Waals surface area contributed by atoms with Crippen LogP contribution in [-0.2, 0) is 0 Å². The Kier molecular flexibility index (Phi) is 5.17. The summed E-state index contributed by atoms with van der Waals surface area (Å²) in [5.74, 6) is -0.530. The fourth-order valence-corrected chi connectivity index (χ4v) is 1.99. The standard InChI is InChI=1S/C16H15ClFNO2/c1-2-9-21-15-8-7-11(10-13(15)17)19-16(20)12-5-3-4-6-14(12)18/h3-8,10H,2,9H2,1H3,(H,19,20). The number of benzene rings is 2. The molecule has 0 aromatic heterocycles. The Balaban J connectivity index is 2.11. The molecule has 0 spiro atoms. The van der Waals surface area contributed by atoms with Crippen LogP contribution < -0.4 is 10.1 Å². The molecule has 0 aliphatic carbocycles. The van der Waals surface area contributed by atoms with Crippen LogP contribution in [0.15, 0.2) is 42.5 Å². The van der Waals surface area contributed by atoms with Gasteiger partial charge >= 0.3 is 0 Å². The van der Waals surface area contributed by atoms with Gasteiger partial charge < -0.3 is 10.1 Å². The minimum absolute atomic E-state index is 0.0140. The first-order valence-electron chi connectivity index (χ1n) is 6.60. The summed E-state index contributed by atoms with van der Waals surface area (Å²) < 4.78 is 19.0.